The van der Waals surface area contributed by atoms with E-state index in [9.17, 15) is 24.9 Å². The molecule has 3 rings (SSSR count). The molecule has 0 bridgehead atoms. The molecule has 10 heteroatoms. The average molecular weight is 410 g/mol. The zero-order chi connectivity index (χ0) is 21.3. The van der Waals surface area contributed by atoms with Crippen molar-refractivity contribution in [2.75, 3.05) is 6.61 Å². The van der Waals surface area contributed by atoms with Gasteiger partial charge in [-0.2, -0.15) is 0 Å². The van der Waals surface area contributed by atoms with E-state index in [2.05, 4.69) is 0 Å². The molecule has 1 aromatic rings. The standard InChI is InChI=1S/C19H22O10/c1-9(21)26-12-7-10(4-6-14(22)23)3-5-11(12)27-18-15(24)16(25)19(2)17(29-19)13(8-20)28-18/h3-7,13,15-18,20,24-25H,8H2,1-2H3,(H,22,23)/b6-4+/t13?,15?,16?,17?,18?,19-/m0/s1. The fourth-order valence-electron chi connectivity index (χ4n) is 3.22. The molecule has 0 radical (unpaired) electrons. The Morgan fingerprint density at radius 2 is 2.00 bits per heavy atom. The maximum absolute atomic E-state index is 11.4. The van der Waals surface area contributed by atoms with E-state index in [1.165, 1.54) is 31.2 Å². The van der Waals surface area contributed by atoms with Gasteiger partial charge in [-0.15, -0.1) is 0 Å². The summed E-state index contributed by atoms with van der Waals surface area (Å²) < 4.78 is 21.8. The number of aliphatic hydroxyl groups excluding tert-OH is 3. The van der Waals surface area contributed by atoms with Gasteiger partial charge in [0.25, 0.3) is 0 Å². The summed E-state index contributed by atoms with van der Waals surface area (Å²) in [6.45, 7) is 2.35. The molecule has 0 spiro atoms. The van der Waals surface area contributed by atoms with Crippen LogP contribution in [0.25, 0.3) is 6.08 Å². The zero-order valence-corrected chi connectivity index (χ0v) is 15.7. The minimum absolute atomic E-state index is 0.0160. The van der Waals surface area contributed by atoms with Gasteiger partial charge in [-0.3, -0.25) is 4.79 Å². The van der Waals surface area contributed by atoms with Gasteiger partial charge in [-0.1, -0.05) is 6.07 Å². The van der Waals surface area contributed by atoms with Crippen LogP contribution >= 0.6 is 0 Å². The van der Waals surface area contributed by atoms with Crippen molar-refractivity contribution < 1.29 is 49.0 Å². The van der Waals surface area contributed by atoms with Crippen molar-refractivity contribution >= 4 is 18.0 Å². The first-order valence-corrected chi connectivity index (χ1v) is 8.86. The predicted molar refractivity (Wildman–Crippen MR) is 96.1 cm³/mol. The molecule has 0 aromatic heterocycles. The number of carboxylic acid groups (broad SMARTS) is 1. The first kappa shape index (κ1) is 21.2. The molecule has 2 heterocycles. The van der Waals surface area contributed by atoms with Crippen molar-refractivity contribution in [3.63, 3.8) is 0 Å². The molecular formula is C19H22O10. The second-order valence-corrected chi connectivity index (χ2v) is 6.97. The molecule has 0 amide bonds. The summed E-state index contributed by atoms with van der Waals surface area (Å²) in [5, 5.41) is 39.2. The van der Waals surface area contributed by atoms with Crippen molar-refractivity contribution in [1.82, 2.24) is 0 Å². The third-order valence-electron chi connectivity index (χ3n) is 4.79. The van der Waals surface area contributed by atoms with Crippen LogP contribution in [0.3, 0.4) is 0 Å². The number of benzene rings is 1. The molecule has 0 aliphatic carbocycles. The number of rotatable bonds is 6. The van der Waals surface area contributed by atoms with E-state index >= 15 is 0 Å². The Hall–Kier alpha value is -2.50. The van der Waals surface area contributed by atoms with Gasteiger partial charge >= 0.3 is 11.9 Å². The third kappa shape index (κ3) is 4.41. The first-order valence-electron chi connectivity index (χ1n) is 8.86. The van der Waals surface area contributed by atoms with Crippen LogP contribution in [0.5, 0.6) is 11.5 Å². The Kier molecular flexibility index (Phi) is 5.92. The predicted octanol–water partition coefficient (Wildman–Crippen LogP) is -0.315. The number of carbonyl (C=O) groups excluding carboxylic acids is 1. The van der Waals surface area contributed by atoms with Gasteiger partial charge in [0.1, 0.15) is 30.0 Å². The van der Waals surface area contributed by atoms with Crippen molar-refractivity contribution in [2.45, 2.75) is 50.2 Å². The van der Waals surface area contributed by atoms with Gasteiger partial charge < -0.3 is 39.4 Å². The third-order valence-corrected chi connectivity index (χ3v) is 4.79. The first-order chi connectivity index (χ1) is 13.7. The lowest BCUT2D eigenvalue weighted by molar-refractivity contribution is -0.205. The van der Waals surface area contributed by atoms with Crippen LogP contribution in [0.4, 0.5) is 0 Å². The van der Waals surface area contributed by atoms with Gasteiger partial charge in [0.2, 0.25) is 6.29 Å². The van der Waals surface area contributed by atoms with Crippen LogP contribution in [0.1, 0.15) is 19.4 Å². The monoisotopic (exact) mass is 410 g/mol. The molecule has 5 unspecified atom stereocenters. The molecule has 6 atom stereocenters. The highest BCUT2D eigenvalue weighted by atomic mass is 16.7. The van der Waals surface area contributed by atoms with Crippen LogP contribution < -0.4 is 9.47 Å². The number of hydrogen-bond acceptors (Lipinski definition) is 9. The molecule has 2 aliphatic heterocycles. The van der Waals surface area contributed by atoms with Gasteiger partial charge in [0, 0.05) is 13.0 Å². The number of carboxylic acids is 1. The lowest BCUT2D eigenvalue weighted by Crippen LogP contribution is -2.47. The number of aliphatic carboxylic acids is 1. The molecule has 1 aromatic carbocycles. The molecule has 2 aliphatic rings. The van der Waals surface area contributed by atoms with Crippen LogP contribution in [0.2, 0.25) is 0 Å². The Morgan fingerprint density at radius 3 is 2.62 bits per heavy atom. The van der Waals surface area contributed by atoms with Crippen molar-refractivity contribution in [2.24, 2.45) is 0 Å². The summed E-state index contributed by atoms with van der Waals surface area (Å²) in [5.41, 5.74) is -0.650. The van der Waals surface area contributed by atoms with E-state index in [1.54, 1.807) is 6.92 Å². The highest BCUT2D eigenvalue weighted by Crippen LogP contribution is 2.47. The lowest BCUT2D eigenvalue weighted by Gasteiger charge is -2.28. The van der Waals surface area contributed by atoms with Crippen molar-refractivity contribution in [1.29, 1.82) is 0 Å². The largest absolute Gasteiger partial charge is 0.478 e. The summed E-state index contributed by atoms with van der Waals surface area (Å²) >= 11 is 0. The number of hydrogen-bond donors (Lipinski definition) is 4. The second-order valence-electron chi connectivity index (χ2n) is 6.97. The van der Waals surface area contributed by atoms with Crippen molar-refractivity contribution in [3.8, 4) is 11.5 Å². The van der Waals surface area contributed by atoms with E-state index in [0.29, 0.717) is 5.56 Å². The van der Waals surface area contributed by atoms with E-state index < -0.39 is 54.9 Å². The van der Waals surface area contributed by atoms with E-state index in [0.717, 1.165) is 6.08 Å². The SMILES string of the molecule is CC(=O)Oc1cc(/C=C/C(=O)O)ccc1OC1OC(CO)C2O[C@@]2(C)C(O)C1O. The van der Waals surface area contributed by atoms with Gasteiger partial charge in [-0.25, -0.2) is 4.79 Å². The van der Waals surface area contributed by atoms with Gasteiger partial charge in [0.15, 0.2) is 11.5 Å². The van der Waals surface area contributed by atoms with Crippen molar-refractivity contribution in [3.05, 3.63) is 29.8 Å². The lowest BCUT2D eigenvalue weighted by atomic mass is 9.95. The van der Waals surface area contributed by atoms with E-state index in [4.69, 9.17) is 24.1 Å². The van der Waals surface area contributed by atoms with Crippen LogP contribution in [0, 0.1) is 0 Å². The minimum Gasteiger partial charge on any atom is -0.478 e. The number of epoxide rings is 1. The average Bonchev–Trinajstić information content (AvgIpc) is 3.36. The van der Waals surface area contributed by atoms with E-state index in [1.807, 2.05) is 0 Å². The fraction of sp³-hybridized carbons (Fsp3) is 0.474. The van der Waals surface area contributed by atoms with Crippen LogP contribution in [-0.4, -0.2) is 75.3 Å². The maximum atomic E-state index is 11.4. The molecule has 29 heavy (non-hydrogen) atoms. The fourth-order valence-corrected chi connectivity index (χ4v) is 3.22. The summed E-state index contributed by atoms with van der Waals surface area (Å²) in [6.07, 6.45) is -3.48. The molecule has 2 fully saturated rings. The summed E-state index contributed by atoms with van der Waals surface area (Å²) in [7, 11) is 0. The molecule has 2 saturated heterocycles. The molecule has 10 nitrogen and oxygen atoms in total. The summed E-state index contributed by atoms with van der Waals surface area (Å²) in [5.74, 6) is -1.81. The maximum Gasteiger partial charge on any atom is 0.328 e. The van der Waals surface area contributed by atoms with Gasteiger partial charge in [-0.05, 0) is 30.7 Å². The van der Waals surface area contributed by atoms with E-state index in [-0.39, 0.29) is 11.5 Å². The second kappa shape index (κ2) is 8.09. The molecule has 158 valence electrons. The number of aliphatic hydroxyl groups is 3. The Balaban J connectivity index is 1.87. The van der Waals surface area contributed by atoms with Crippen LogP contribution in [-0.2, 0) is 19.1 Å². The topological polar surface area (TPSA) is 155 Å². The smallest absolute Gasteiger partial charge is 0.328 e. The summed E-state index contributed by atoms with van der Waals surface area (Å²) in [6, 6.07) is 4.29. The normalized spacial score (nSPS) is 33.6. The van der Waals surface area contributed by atoms with Gasteiger partial charge in [0.05, 0.1) is 6.61 Å². The minimum atomic E-state index is -1.52. The number of ether oxygens (including phenoxy) is 4. The zero-order valence-electron chi connectivity index (χ0n) is 15.7. The quantitative estimate of drug-likeness (QED) is 0.212. The molecular weight excluding hydrogens is 388 g/mol. The number of carbonyl (C=O) groups is 2. The number of fused-ring (bicyclic) bond motifs is 1. The Labute approximate surface area is 165 Å². The Morgan fingerprint density at radius 1 is 1.28 bits per heavy atom. The van der Waals surface area contributed by atoms with Crippen LogP contribution in [0.15, 0.2) is 24.3 Å². The number of esters is 1. The highest BCUT2D eigenvalue weighted by Gasteiger charge is 2.66. The highest BCUT2D eigenvalue weighted by molar-refractivity contribution is 5.85. The molecule has 0 saturated carbocycles. The molecule has 4 N–H and O–H groups in total. The Bertz CT molecular complexity index is 821. The summed E-state index contributed by atoms with van der Waals surface area (Å²) in [4.78, 5) is 22.1.